The van der Waals surface area contributed by atoms with Gasteiger partial charge in [-0.05, 0) is 12.1 Å². The van der Waals surface area contributed by atoms with Gasteiger partial charge in [-0.15, -0.1) is 0 Å². The van der Waals surface area contributed by atoms with E-state index in [1.54, 1.807) is 12.1 Å². The van der Waals surface area contributed by atoms with Crippen LogP contribution in [-0.2, 0) is 13.1 Å². The standard InChI is InChI=1S/C16H16N4.2BrH/c17-11-15-5-3-9-19(13-15)7-1-2-8-20-10-4-6-16(12-18)14-20;;/h3-6,9-10,13-14H,1-2,7-8H2;2*1H/q+2;;/p-2. The third-order valence-electron chi connectivity index (χ3n) is 3.06. The third-order valence-corrected chi connectivity index (χ3v) is 3.06. The van der Waals surface area contributed by atoms with Gasteiger partial charge in [-0.25, -0.2) is 9.13 Å². The molecule has 0 bridgehead atoms. The molecule has 0 unspecified atom stereocenters. The molecule has 0 spiro atoms. The van der Waals surface area contributed by atoms with Gasteiger partial charge in [0.25, 0.3) is 0 Å². The van der Waals surface area contributed by atoms with Crippen LogP contribution in [0.2, 0.25) is 0 Å². The topological polar surface area (TPSA) is 55.3 Å². The molecule has 4 nitrogen and oxygen atoms in total. The van der Waals surface area contributed by atoms with Gasteiger partial charge in [0.15, 0.2) is 24.8 Å². The zero-order valence-electron chi connectivity index (χ0n) is 12.0. The van der Waals surface area contributed by atoms with Crippen molar-refractivity contribution in [3.8, 4) is 12.1 Å². The van der Waals surface area contributed by atoms with Crippen LogP contribution in [0.5, 0.6) is 0 Å². The summed E-state index contributed by atoms with van der Waals surface area (Å²) >= 11 is 0. The molecule has 0 amide bonds. The van der Waals surface area contributed by atoms with Crippen LogP contribution in [0.4, 0.5) is 0 Å². The van der Waals surface area contributed by atoms with Crippen LogP contribution in [0.15, 0.2) is 49.1 Å². The number of unbranched alkanes of at least 4 members (excludes halogenated alkanes) is 1. The van der Waals surface area contributed by atoms with E-state index in [0.29, 0.717) is 11.1 Å². The predicted molar refractivity (Wildman–Crippen MR) is 71.9 cm³/mol. The number of aryl methyl sites for hydroxylation is 2. The summed E-state index contributed by atoms with van der Waals surface area (Å²) in [4.78, 5) is 0. The smallest absolute Gasteiger partial charge is 0.186 e. The molecule has 6 heteroatoms. The quantitative estimate of drug-likeness (QED) is 0.359. The highest BCUT2D eigenvalue weighted by Crippen LogP contribution is 1.95. The highest BCUT2D eigenvalue weighted by atomic mass is 79.9. The lowest BCUT2D eigenvalue weighted by molar-refractivity contribution is -0.708. The second-order valence-corrected chi connectivity index (χ2v) is 4.59. The van der Waals surface area contributed by atoms with Crippen LogP contribution in [-0.4, -0.2) is 0 Å². The second-order valence-electron chi connectivity index (χ2n) is 4.59. The Hall–Kier alpha value is -1.76. The van der Waals surface area contributed by atoms with Crippen LogP contribution < -0.4 is 43.1 Å². The molecular weight excluding hydrogens is 408 g/mol. The molecule has 0 aliphatic heterocycles. The number of pyridine rings is 2. The van der Waals surface area contributed by atoms with Crippen molar-refractivity contribution in [2.24, 2.45) is 0 Å². The fraction of sp³-hybridized carbons (Fsp3) is 0.250. The van der Waals surface area contributed by atoms with Crippen molar-refractivity contribution >= 4 is 0 Å². The van der Waals surface area contributed by atoms with E-state index >= 15 is 0 Å². The van der Waals surface area contributed by atoms with Crippen LogP contribution in [0.3, 0.4) is 0 Å². The van der Waals surface area contributed by atoms with E-state index < -0.39 is 0 Å². The summed E-state index contributed by atoms with van der Waals surface area (Å²) in [5, 5.41) is 17.7. The maximum absolute atomic E-state index is 8.84. The molecule has 22 heavy (non-hydrogen) atoms. The molecule has 0 saturated carbocycles. The van der Waals surface area contributed by atoms with Gasteiger partial charge in [0, 0.05) is 25.0 Å². The Labute approximate surface area is 151 Å². The van der Waals surface area contributed by atoms with E-state index in [1.807, 2.05) is 46.1 Å². The Morgan fingerprint density at radius 1 is 0.773 bits per heavy atom. The predicted octanol–water partition coefficient (Wildman–Crippen LogP) is -4.51. The van der Waals surface area contributed by atoms with Crippen molar-refractivity contribution in [2.45, 2.75) is 25.9 Å². The zero-order chi connectivity index (χ0) is 14.2. The Kier molecular flexibility index (Phi) is 10.0. The Balaban J connectivity index is 0.00000220. The molecule has 0 N–H and O–H groups in total. The van der Waals surface area contributed by atoms with E-state index in [1.165, 1.54) is 0 Å². The van der Waals surface area contributed by atoms with E-state index in [9.17, 15) is 0 Å². The summed E-state index contributed by atoms with van der Waals surface area (Å²) in [5.41, 5.74) is 1.37. The lowest BCUT2D eigenvalue weighted by Gasteiger charge is -1.98. The van der Waals surface area contributed by atoms with Gasteiger partial charge in [-0.2, -0.15) is 10.5 Å². The van der Waals surface area contributed by atoms with Crippen LogP contribution in [0, 0.1) is 22.7 Å². The number of halogens is 2. The van der Waals surface area contributed by atoms with Crippen molar-refractivity contribution in [3.63, 3.8) is 0 Å². The number of hydrogen-bond donors (Lipinski definition) is 0. The van der Waals surface area contributed by atoms with E-state index in [0.717, 1.165) is 25.9 Å². The van der Waals surface area contributed by atoms with E-state index in [2.05, 4.69) is 12.1 Å². The normalized spacial score (nSPS) is 8.82. The number of hydrogen-bond acceptors (Lipinski definition) is 2. The van der Waals surface area contributed by atoms with Crippen molar-refractivity contribution in [2.75, 3.05) is 0 Å². The summed E-state index contributed by atoms with van der Waals surface area (Å²) in [6.07, 6.45) is 9.74. The molecule has 0 aromatic carbocycles. The summed E-state index contributed by atoms with van der Waals surface area (Å²) in [5.74, 6) is 0. The largest absolute Gasteiger partial charge is 1.00 e. The lowest BCUT2D eigenvalue weighted by Crippen LogP contribution is -3.00. The van der Waals surface area contributed by atoms with Gasteiger partial charge in [0.2, 0.25) is 0 Å². The zero-order valence-corrected chi connectivity index (χ0v) is 15.2. The van der Waals surface area contributed by atoms with Crippen LogP contribution in [0.25, 0.3) is 0 Å². The Morgan fingerprint density at radius 3 is 1.55 bits per heavy atom. The lowest BCUT2D eigenvalue weighted by atomic mass is 10.2. The van der Waals surface area contributed by atoms with Gasteiger partial charge < -0.3 is 34.0 Å². The SMILES string of the molecule is N#Cc1ccc[n+](CCCC[n+]2cccc(C#N)c2)c1.[Br-].[Br-]. The molecule has 0 aliphatic rings. The Morgan fingerprint density at radius 2 is 1.18 bits per heavy atom. The van der Waals surface area contributed by atoms with Crippen LogP contribution >= 0.6 is 0 Å². The number of nitriles is 2. The minimum atomic E-state index is 0. The highest BCUT2D eigenvalue weighted by molar-refractivity contribution is 5.22. The fourth-order valence-corrected chi connectivity index (χ4v) is 2.04. The molecule has 0 fully saturated rings. The average Bonchev–Trinajstić information content (AvgIpc) is 2.52. The summed E-state index contributed by atoms with van der Waals surface area (Å²) in [7, 11) is 0. The number of nitrogens with zero attached hydrogens (tertiary/aromatic N) is 4. The van der Waals surface area contributed by atoms with Gasteiger partial charge in [-0.3, -0.25) is 0 Å². The summed E-state index contributed by atoms with van der Waals surface area (Å²) in [6, 6.07) is 11.7. The summed E-state index contributed by atoms with van der Waals surface area (Å²) < 4.78 is 4.07. The molecule has 2 rings (SSSR count). The molecule has 0 radical (unpaired) electrons. The summed E-state index contributed by atoms with van der Waals surface area (Å²) in [6.45, 7) is 1.79. The fourth-order valence-electron chi connectivity index (χ4n) is 2.04. The first-order chi connectivity index (χ1) is 9.81. The van der Waals surface area contributed by atoms with E-state index in [-0.39, 0.29) is 34.0 Å². The van der Waals surface area contributed by atoms with E-state index in [4.69, 9.17) is 10.5 Å². The number of rotatable bonds is 5. The number of aromatic nitrogens is 2. The van der Waals surface area contributed by atoms with Gasteiger partial charge in [0.05, 0.1) is 0 Å². The average molecular weight is 424 g/mol. The minimum Gasteiger partial charge on any atom is -1.00 e. The first-order valence-electron chi connectivity index (χ1n) is 6.60. The molecular formula is C16H16Br2N4. The maximum atomic E-state index is 8.84. The highest BCUT2D eigenvalue weighted by Gasteiger charge is 2.05. The molecule has 2 aromatic heterocycles. The molecule has 0 saturated heterocycles. The monoisotopic (exact) mass is 422 g/mol. The first kappa shape index (κ1) is 20.2. The molecule has 2 heterocycles. The van der Waals surface area contributed by atoms with Gasteiger partial charge >= 0.3 is 0 Å². The minimum absolute atomic E-state index is 0. The Bertz CT molecular complexity index is 615. The third kappa shape index (κ3) is 6.34. The van der Waals surface area contributed by atoms with Crippen LogP contribution in [0.1, 0.15) is 24.0 Å². The molecule has 114 valence electrons. The van der Waals surface area contributed by atoms with Crippen molar-refractivity contribution in [3.05, 3.63) is 60.2 Å². The molecule has 0 aliphatic carbocycles. The molecule has 2 aromatic rings. The van der Waals surface area contributed by atoms with Crippen molar-refractivity contribution < 1.29 is 43.1 Å². The maximum Gasteiger partial charge on any atom is 0.186 e. The van der Waals surface area contributed by atoms with Gasteiger partial charge in [0.1, 0.15) is 36.4 Å². The first-order valence-corrected chi connectivity index (χ1v) is 6.60. The van der Waals surface area contributed by atoms with Crippen molar-refractivity contribution in [1.29, 1.82) is 10.5 Å². The van der Waals surface area contributed by atoms with Gasteiger partial charge in [-0.1, -0.05) is 0 Å². The molecule has 0 atom stereocenters. The van der Waals surface area contributed by atoms with Crippen molar-refractivity contribution in [1.82, 2.24) is 0 Å². The second kappa shape index (κ2) is 10.9.